The van der Waals surface area contributed by atoms with E-state index in [0.717, 1.165) is 11.3 Å². The second kappa shape index (κ2) is 10.9. The largest absolute Gasteiger partial charge is 0.379 e. The number of benzene rings is 2. The number of hydrogen-bond acceptors (Lipinski definition) is 5. The van der Waals surface area contributed by atoms with E-state index in [0.29, 0.717) is 39.0 Å². The van der Waals surface area contributed by atoms with Gasteiger partial charge >= 0.3 is 0 Å². The van der Waals surface area contributed by atoms with Crippen LogP contribution in [0.5, 0.6) is 0 Å². The lowest BCUT2D eigenvalue weighted by molar-refractivity contribution is -0.141. The number of para-hydroxylation sites is 1. The first-order valence-corrected chi connectivity index (χ1v) is 12.7. The number of nitrogens with zero attached hydrogens (tertiary/aromatic N) is 3. The van der Waals surface area contributed by atoms with Gasteiger partial charge in [-0.1, -0.05) is 31.2 Å². The maximum absolute atomic E-state index is 14.4. The number of halogens is 1. The Balaban J connectivity index is 1.51. The van der Waals surface area contributed by atoms with Gasteiger partial charge in [-0.3, -0.25) is 14.4 Å². The molecule has 37 heavy (non-hydrogen) atoms. The third-order valence-corrected chi connectivity index (χ3v) is 7.66. The molecule has 2 aliphatic heterocycles. The fourth-order valence-electron chi connectivity index (χ4n) is 5.30. The molecule has 2 fully saturated rings. The molecule has 4 rings (SSSR count). The number of likely N-dealkylation sites (N-methyl/N-ethyl adjacent to an activating group) is 1. The summed E-state index contributed by atoms with van der Waals surface area (Å²) < 4.78 is 19.8. The quantitative estimate of drug-likeness (QED) is 0.620. The SMILES string of the molecule is CCc1ccc(F)c(C(=O)NC(C(=O)N2CCC3(CC2)C(=O)N(C)CN3c2ccccc2)[C@H](C)OC)c1. The highest BCUT2D eigenvalue weighted by molar-refractivity contribution is 5.98. The summed E-state index contributed by atoms with van der Waals surface area (Å²) in [4.78, 5) is 45.4. The number of carbonyl (C=O) groups is 3. The zero-order chi connectivity index (χ0) is 26.7. The van der Waals surface area contributed by atoms with Crippen LogP contribution in [0.2, 0.25) is 0 Å². The molecular weight excluding hydrogens is 475 g/mol. The van der Waals surface area contributed by atoms with Gasteiger partial charge in [0.15, 0.2) is 0 Å². The van der Waals surface area contributed by atoms with Gasteiger partial charge in [-0.15, -0.1) is 0 Å². The first-order valence-electron chi connectivity index (χ1n) is 12.7. The Morgan fingerprint density at radius 3 is 2.43 bits per heavy atom. The number of anilines is 1. The number of ether oxygens (including phenoxy) is 1. The fourth-order valence-corrected chi connectivity index (χ4v) is 5.30. The van der Waals surface area contributed by atoms with Gasteiger partial charge < -0.3 is 24.8 Å². The topological polar surface area (TPSA) is 82.2 Å². The molecule has 9 heteroatoms. The normalized spacial score (nSPS) is 18.7. The van der Waals surface area contributed by atoms with Crippen molar-refractivity contribution < 1.29 is 23.5 Å². The number of rotatable bonds is 7. The molecule has 2 aliphatic rings. The summed E-state index contributed by atoms with van der Waals surface area (Å²) in [6, 6.07) is 13.2. The predicted molar refractivity (Wildman–Crippen MR) is 139 cm³/mol. The molecule has 0 radical (unpaired) electrons. The van der Waals surface area contributed by atoms with Crippen LogP contribution in [0.25, 0.3) is 0 Å². The van der Waals surface area contributed by atoms with Gasteiger partial charge in [-0.05, 0) is 56.0 Å². The second-order valence-electron chi connectivity index (χ2n) is 9.82. The van der Waals surface area contributed by atoms with Crippen LogP contribution < -0.4 is 10.2 Å². The Bertz CT molecular complexity index is 1150. The van der Waals surface area contributed by atoms with E-state index >= 15 is 0 Å². The van der Waals surface area contributed by atoms with Crippen LogP contribution in [0, 0.1) is 5.82 Å². The Morgan fingerprint density at radius 1 is 1.14 bits per heavy atom. The van der Waals surface area contributed by atoms with Crippen molar-refractivity contribution in [1.82, 2.24) is 15.1 Å². The van der Waals surface area contributed by atoms with Crippen molar-refractivity contribution in [2.75, 3.05) is 38.8 Å². The third-order valence-electron chi connectivity index (χ3n) is 7.66. The van der Waals surface area contributed by atoms with Gasteiger partial charge in [-0.25, -0.2) is 4.39 Å². The standard InChI is InChI=1S/C28H35FN4O4/c1-5-20-11-12-23(29)22(17-20)25(34)30-24(19(2)37-4)26(35)32-15-13-28(14-16-32)27(36)31(3)18-33(28)21-9-7-6-8-10-21/h6-12,17,19,24H,5,13-16,18H2,1-4H3,(H,30,34)/t19-,24?/m0/s1. The maximum Gasteiger partial charge on any atom is 0.254 e. The number of hydrogen-bond donors (Lipinski definition) is 1. The summed E-state index contributed by atoms with van der Waals surface area (Å²) >= 11 is 0. The Morgan fingerprint density at radius 2 is 1.81 bits per heavy atom. The van der Waals surface area contributed by atoms with Crippen LogP contribution in [0.15, 0.2) is 48.5 Å². The molecule has 0 saturated carbocycles. The molecule has 8 nitrogen and oxygen atoms in total. The van der Waals surface area contributed by atoms with E-state index in [9.17, 15) is 18.8 Å². The lowest BCUT2D eigenvalue weighted by atomic mass is 9.85. The summed E-state index contributed by atoms with van der Waals surface area (Å²) in [6.45, 7) is 4.80. The van der Waals surface area contributed by atoms with Crippen molar-refractivity contribution >= 4 is 23.4 Å². The first kappa shape index (κ1) is 26.6. The highest BCUT2D eigenvalue weighted by Gasteiger charge is 2.53. The van der Waals surface area contributed by atoms with E-state index in [1.807, 2.05) is 37.3 Å². The second-order valence-corrected chi connectivity index (χ2v) is 9.82. The fraction of sp³-hybridized carbons (Fsp3) is 0.464. The van der Waals surface area contributed by atoms with E-state index in [2.05, 4.69) is 10.2 Å². The number of piperidine rings is 1. The minimum atomic E-state index is -0.997. The van der Waals surface area contributed by atoms with E-state index in [1.54, 1.807) is 29.8 Å². The zero-order valence-corrected chi connectivity index (χ0v) is 21.9. The van der Waals surface area contributed by atoms with Crippen molar-refractivity contribution in [3.05, 3.63) is 65.5 Å². The lowest BCUT2D eigenvalue weighted by Gasteiger charge is -2.44. The van der Waals surface area contributed by atoms with Crippen molar-refractivity contribution in [2.24, 2.45) is 0 Å². The van der Waals surface area contributed by atoms with Gasteiger partial charge in [0.2, 0.25) is 11.8 Å². The molecule has 3 amide bonds. The summed E-state index contributed by atoms with van der Waals surface area (Å²) in [5.41, 5.74) is 0.970. The molecule has 198 valence electrons. The maximum atomic E-state index is 14.4. The van der Waals surface area contributed by atoms with Crippen LogP contribution in [-0.4, -0.2) is 79.1 Å². The monoisotopic (exact) mass is 510 g/mol. The van der Waals surface area contributed by atoms with Gasteiger partial charge in [0.05, 0.1) is 18.3 Å². The average molecular weight is 511 g/mol. The molecule has 2 saturated heterocycles. The molecule has 2 aromatic rings. The molecule has 1 unspecified atom stereocenters. The molecule has 2 heterocycles. The summed E-state index contributed by atoms with van der Waals surface area (Å²) in [6.07, 6.45) is 0.948. The average Bonchev–Trinajstić information content (AvgIpc) is 3.16. The third kappa shape index (κ3) is 5.05. The molecule has 1 spiro atoms. The van der Waals surface area contributed by atoms with Gasteiger partial charge in [0.1, 0.15) is 17.4 Å². The number of carbonyl (C=O) groups excluding carboxylic acids is 3. The molecular formula is C28H35FN4O4. The number of methoxy groups -OCH3 is 1. The number of amides is 3. The van der Waals surface area contributed by atoms with E-state index in [1.165, 1.54) is 19.2 Å². The van der Waals surface area contributed by atoms with E-state index in [-0.39, 0.29) is 17.4 Å². The number of nitrogens with one attached hydrogen (secondary N) is 1. The molecule has 0 aliphatic carbocycles. The molecule has 0 aromatic heterocycles. The first-order chi connectivity index (χ1) is 17.7. The number of likely N-dealkylation sites (tertiary alicyclic amines) is 1. The van der Waals surface area contributed by atoms with Crippen molar-refractivity contribution in [1.29, 1.82) is 0 Å². The van der Waals surface area contributed by atoms with Crippen LogP contribution in [0.3, 0.4) is 0 Å². The highest BCUT2D eigenvalue weighted by Crippen LogP contribution is 2.39. The van der Waals surface area contributed by atoms with Crippen molar-refractivity contribution in [3.8, 4) is 0 Å². The molecule has 0 bridgehead atoms. The van der Waals surface area contributed by atoms with E-state index < -0.39 is 29.4 Å². The van der Waals surface area contributed by atoms with Crippen LogP contribution in [-0.2, 0) is 20.7 Å². The van der Waals surface area contributed by atoms with Crippen molar-refractivity contribution in [2.45, 2.75) is 50.8 Å². The Hall–Kier alpha value is -3.46. The minimum absolute atomic E-state index is 0.0462. The highest BCUT2D eigenvalue weighted by atomic mass is 19.1. The van der Waals surface area contributed by atoms with Crippen molar-refractivity contribution in [3.63, 3.8) is 0 Å². The summed E-state index contributed by atoms with van der Waals surface area (Å²) in [5.74, 6) is -1.57. The summed E-state index contributed by atoms with van der Waals surface area (Å²) in [7, 11) is 3.26. The molecule has 1 N–H and O–H groups in total. The zero-order valence-electron chi connectivity index (χ0n) is 21.9. The van der Waals surface area contributed by atoms with Gasteiger partial charge in [0, 0.05) is 32.9 Å². The van der Waals surface area contributed by atoms with Gasteiger partial charge in [0.25, 0.3) is 5.91 Å². The van der Waals surface area contributed by atoms with Crippen LogP contribution >= 0.6 is 0 Å². The number of aryl methyl sites for hydroxylation is 1. The van der Waals surface area contributed by atoms with Crippen LogP contribution in [0.1, 0.15) is 42.6 Å². The summed E-state index contributed by atoms with van der Waals surface area (Å²) in [5, 5.41) is 2.70. The predicted octanol–water partition coefficient (Wildman–Crippen LogP) is 2.82. The van der Waals surface area contributed by atoms with E-state index in [4.69, 9.17) is 4.74 Å². The van der Waals surface area contributed by atoms with Gasteiger partial charge in [-0.2, -0.15) is 0 Å². The Kier molecular flexibility index (Phi) is 7.82. The van der Waals surface area contributed by atoms with Crippen LogP contribution in [0.4, 0.5) is 10.1 Å². The Labute approximate surface area is 217 Å². The molecule has 2 aromatic carbocycles. The smallest absolute Gasteiger partial charge is 0.254 e. The lowest BCUT2D eigenvalue weighted by Crippen LogP contribution is -2.61. The minimum Gasteiger partial charge on any atom is -0.379 e. The molecule has 2 atom stereocenters.